The third-order valence-corrected chi connectivity index (χ3v) is 3.31. The molecule has 4 heteroatoms. The summed E-state index contributed by atoms with van der Waals surface area (Å²) in [5.41, 5.74) is 0.527. The minimum absolute atomic E-state index is 0.227. The standard InChI is InChI=1S/C14H18FNO2/c1-16(8-12-3-2-4-13(15)7-12)9-14(10-17)5-6-18-11-14/h2-4,7,10H,5-6,8-9,11H2,1H3. The van der Waals surface area contributed by atoms with E-state index in [0.29, 0.717) is 26.3 Å². The molecule has 0 spiro atoms. The molecule has 0 N–H and O–H groups in total. The summed E-state index contributed by atoms with van der Waals surface area (Å²) in [6, 6.07) is 6.54. The van der Waals surface area contributed by atoms with E-state index in [1.807, 2.05) is 18.0 Å². The first-order valence-corrected chi connectivity index (χ1v) is 6.11. The molecular weight excluding hydrogens is 233 g/mol. The summed E-state index contributed by atoms with van der Waals surface area (Å²) < 4.78 is 18.4. The van der Waals surface area contributed by atoms with Crippen LogP contribution in [-0.4, -0.2) is 38.0 Å². The Labute approximate surface area is 107 Å². The van der Waals surface area contributed by atoms with Crippen LogP contribution in [0.4, 0.5) is 4.39 Å². The lowest BCUT2D eigenvalue weighted by Crippen LogP contribution is -2.37. The molecule has 0 amide bonds. The van der Waals surface area contributed by atoms with Crippen molar-refractivity contribution in [2.75, 3.05) is 26.8 Å². The van der Waals surface area contributed by atoms with Crippen molar-refractivity contribution in [1.29, 1.82) is 0 Å². The lowest BCUT2D eigenvalue weighted by Gasteiger charge is -2.27. The first-order valence-electron chi connectivity index (χ1n) is 6.11. The fourth-order valence-electron chi connectivity index (χ4n) is 2.42. The number of benzene rings is 1. The summed E-state index contributed by atoms with van der Waals surface area (Å²) in [7, 11) is 1.94. The molecule has 0 bridgehead atoms. The molecule has 0 aliphatic carbocycles. The maximum atomic E-state index is 13.1. The van der Waals surface area contributed by atoms with Crippen LogP contribution >= 0.6 is 0 Å². The van der Waals surface area contributed by atoms with E-state index < -0.39 is 0 Å². The van der Waals surface area contributed by atoms with Gasteiger partial charge in [0.25, 0.3) is 0 Å². The molecule has 18 heavy (non-hydrogen) atoms. The minimum atomic E-state index is -0.387. The Hall–Kier alpha value is -1.26. The molecule has 1 aromatic rings. The molecule has 0 aromatic heterocycles. The maximum Gasteiger partial charge on any atom is 0.129 e. The fraction of sp³-hybridized carbons (Fsp3) is 0.500. The average Bonchev–Trinajstić information content (AvgIpc) is 2.78. The number of hydrogen-bond donors (Lipinski definition) is 0. The first kappa shape index (κ1) is 13.2. The van der Waals surface area contributed by atoms with Crippen LogP contribution in [0.3, 0.4) is 0 Å². The summed E-state index contributed by atoms with van der Waals surface area (Å²) in [4.78, 5) is 13.2. The number of carbonyl (C=O) groups excluding carboxylic acids is 1. The molecule has 1 unspecified atom stereocenters. The number of hydrogen-bond acceptors (Lipinski definition) is 3. The van der Waals surface area contributed by atoms with Gasteiger partial charge in [-0.1, -0.05) is 12.1 Å². The molecule has 98 valence electrons. The second-order valence-electron chi connectivity index (χ2n) is 5.09. The smallest absolute Gasteiger partial charge is 0.129 e. The summed E-state index contributed by atoms with van der Waals surface area (Å²) in [6.07, 6.45) is 1.77. The average molecular weight is 251 g/mol. The van der Waals surface area contributed by atoms with E-state index in [4.69, 9.17) is 4.74 Å². The zero-order valence-electron chi connectivity index (χ0n) is 10.6. The Morgan fingerprint density at radius 2 is 2.39 bits per heavy atom. The minimum Gasteiger partial charge on any atom is -0.380 e. The van der Waals surface area contributed by atoms with E-state index in [9.17, 15) is 9.18 Å². The van der Waals surface area contributed by atoms with E-state index in [2.05, 4.69) is 0 Å². The molecule has 1 atom stereocenters. The number of ether oxygens (including phenoxy) is 1. The second-order valence-corrected chi connectivity index (χ2v) is 5.09. The van der Waals surface area contributed by atoms with Crippen molar-refractivity contribution in [2.45, 2.75) is 13.0 Å². The predicted octanol–water partition coefficient (Wildman–Crippen LogP) is 1.86. The molecule has 1 heterocycles. The van der Waals surface area contributed by atoms with E-state index in [1.54, 1.807) is 6.07 Å². The van der Waals surface area contributed by atoms with Crippen molar-refractivity contribution >= 4 is 6.29 Å². The summed E-state index contributed by atoms with van der Waals surface area (Å²) in [5, 5.41) is 0. The van der Waals surface area contributed by atoms with Gasteiger partial charge in [0.2, 0.25) is 0 Å². The molecule has 0 radical (unpaired) electrons. The van der Waals surface area contributed by atoms with Crippen molar-refractivity contribution in [3.8, 4) is 0 Å². The van der Waals surface area contributed by atoms with Crippen molar-refractivity contribution in [3.63, 3.8) is 0 Å². The van der Waals surface area contributed by atoms with E-state index in [1.165, 1.54) is 12.1 Å². The quantitative estimate of drug-likeness (QED) is 0.748. The van der Waals surface area contributed by atoms with Crippen LogP contribution in [0, 0.1) is 11.2 Å². The van der Waals surface area contributed by atoms with Gasteiger partial charge >= 0.3 is 0 Å². The normalized spacial score (nSPS) is 23.5. The summed E-state index contributed by atoms with van der Waals surface area (Å²) >= 11 is 0. The Bertz CT molecular complexity index is 416. The highest BCUT2D eigenvalue weighted by molar-refractivity contribution is 5.60. The third-order valence-electron chi connectivity index (χ3n) is 3.31. The van der Waals surface area contributed by atoms with Gasteiger partial charge in [-0.05, 0) is 31.2 Å². The molecule has 3 nitrogen and oxygen atoms in total. The summed E-state index contributed by atoms with van der Waals surface area (Å²) in [5.74, 6) is -0.227. The van der Waals surface area contributed by atoms with Gasteiger partial charge in [0.1, 0.15) is 12.1 Å². The third kappa shape index (κ3) is 3.15. The molecule has 1 aliphatic heterocycles. The van der Waals surface area contributed by atoms with Gasteiger partial charge in [-0.15, -0.1) is 0 Å². The van der Waals surface area contributed by atoms with Crippen molar-refractivity contribution in [2.24, 2.45) is 5.41 Å². The van der Waals surface area contributed by atoms with Crippen LogP contribution in [0.25, 0.3) is 0 Å². The predicted molar refractivity (Wildman–Crippen MR) is 66.7 cm³/mol. The SMILES string of the molecule is CN(Cc1cccc(F)c1)CC1(C=O)CCOC1. The van der Waals surface area contributed by atoms with Gasteiger partial charge < -0.3 is 14.4 Å². The molecule has 1 aromatic carbocycles. The Balaban J connectivity index is 1.96. The zero-order chi connectivity index (χ0) is 13.0. The van der Waals surface area contributed by atoms with Crippen LogP contribution < -0.4 is 0 Å². The van der Waals surface area contributed by atoms with Crippen LogP contribution in [0.15, 0.2) is 24.3 Å². The van der Waals surface area contributed by atoms with Gasteiger partial charge in [-0.2, -0.15) is 0 Å². The van der Waals surface area contributed by atoms with Gasteiger partial charge in [0, 0.05) is 19.7 Å². The van der Waals surface area contributed by atoms with Crippen LogP contribution in [0.2, 0.25) is 0 Å². The van der Waals surface area contributed by atoms with Crippen molar-refractivity contribution in [1.82, 2.24) is 4.90 Å². The largest absolute Gasteiger partial charge is 0.380 e. The van der Waals surface area contributed by atoms with Crippen LogP contribution in [0.5, 0.6) is 0 Å². The lowest BCUT2D eigenvalue weighted by molar-refractivity contribution is -0.117. The number of rotatable bonds is 5. The van der Waals surface area contributed by atoms with Crippen LogP contribution in [-0.2, 0) is 16.1 Å². The van der Waals surface area contributed by atoms with Gasteiger partial charge in [0.15, 0.2) is 0 Å². The van der Waals surface area contributed by atoms with Gasteiger partial charge in [-0.3, -0.25) is 0 Å². The second kappa shape index (κ2) is 5.59. The number of aldehydes is 1. The monoisotopic (exact) mass is 251 g/mol. The van der Waals surface area contributed by atoms with E-state index in [-0.39, 0.29) is 11.2 Å². The molecule has 1 fully saturated rings. The van der Waals surface area contributed by atoms with Crippen molar-refractivity contribution < 1.29 is 13.9 Å². The Morgan fingerprint density at radius 1 is 1.56 bits per heavy atom. The number of carbonyl (C=O) groups is 1. The summed E-state index contributed by atoms with van der Waals surface area (Å²) in [6.45, 7) is 2.41. The zero-order valence-corrected chi connectivity index (χ0v) is 10.6. The van der Waals surface area contributed by atoms with E-state index >= 15 is 0 Å². The molecule has 1 aliphatic rings. The maximum absolute atomic E-state index is 13.1. The fourth-order valence-corrected chi connectivity index (χ4v) is 2.42. The molecular formula is C14H18FNO2. The highest BCUT2D eigenvalue weighted by Gasteiger charge is 2.35. The van der Waals surface area contributed by atoms with E-state index in [0.717, 1.165) is 18.3 Å². The molecule has 1 saturated heterocycles. The topological polar surface area (TPSA) is 29.5 Å². The van der Waals surface area contributed by atoms with Crippen molar-refractivity contribution in [3.05, 3.63) is 35.6 Å². The number of nitrogens with zero attached hydrogens (tertiary/aromatic N) is 1. The first-order chi connectivity index (χ1) is 8.63. The van der Waals surface area contributed by atoms with Gasteiger partial charge in [-0.25, -0.2) is 4.39 Å². The highest BCUT2D eigenvalue weighted by Crippen LogP contribution is 2.27. The number of halogens is 1. The van der Waals surface area contributed by atoms with Gasteiger partial charge in [0.05, 0.1) is 12.0 Å². The molecule has 0 saturated carbocycles. The Morgan fingerprint density at radius 3 is 3.00 bits per heavy atom. The highest BCUT2D eigenvalue weighted by atomic mass is 19.1. The molecule has 2 rings (SSSR count). The Kier molecular flexibility index (Phi) is 4.09. The lowest BCUT2D eigenvalue weighted by atomic mass is 9.88. The van der Waals surface area contributed by atoms with Crippen LogP contribution in [0.1, 0.15) is 12.0 Å².